The van der Waals surface area contributed by atoms with Crippen molar-refractivity contribution in [3.63, 3.8) is 0 Å². The Kier molecular flexibility index (Phi) is 24.8. The van der Waals surface area contributed by atoms with E-state index in [-0.39, 0.29) is 0 Å². The van der Waals surface area contributed by atoms with E-state index in [1.165, 1.54) is 38.8 Å². The molecule has 8 nitrogen and oxygen atoms in total. The zero-order valence-electron chi connectivity index (χ0n) is 20.6. The van der Waals surface area contributed by atoms with Crippen LogP contribution in [0, 0.1) is 0 Å². The van der Waals surface area contributed by atoms with Gasteiger partial charge in [0, 0.05) is 51.9 Å². The molecule has 0 aromatic carbocycles. The monoisotopic (exact) mass is 430 g/mol. The van der Waals surface area contributed by atoms with Crippen molar-refractivity contribution in [2.45, 2.75) is 65.2 Å². The number of nitrogens with zero attached hydrogens (tertiary/aromatic N) is 4. The summed E-state index contributed by atoms with van der Waals surface area (Å²) < 4.78 is 0. The molecule has 0 aromatic heterocycles. The van der Waals surface area contributed by atoms with Gasteiger partial charge in [0.25, 0.3) is 0 Å². The summed E-state index contributed by atoms with van der Waals surface area (Å²) in [5.74, 6) is 0. The highest BCUT2D eigenvalue weighted by atomic mass is 16.4. The molecule has 0 bridgehead atoms. The molecule has 2 heterocycles. The fourth-order valence-corrected chi connectivity index (χ4v) is 3.03. The van der Waals surface area contributed by atoms with Crippen LogP contribution in [0.15, 0.2) is 10.3 Å². The van der Waals surface area contributed by atoms with Crippen molar-refractivity contribution in [2.75, 3.05) is 67.5 Å². The molecule has 0 amide bonds. The molecule has 2 aliphatic rings. The number of piperidine rings is 2. The maximum Gasteiger partial charge on any atom is 0.0596 e. The molecular weight excluding hydrogens is 380 g/mol. The second-order valence-corrected chi connectivity index (χ2v) is 7.72. The quantitative estimate of drug-likeness (QED) is 0.382. The predicted molar refractivity (Wildman–Crippen MR) is 130 cm³/mol. The molecule has 2 fully saturated rings. The van der Waals surface area contributed by atoms with Crippen molar-refractivity contribution in [1.29, 1.82) is 0 Å². The molecule has 2 saturated heterocycles. The molecule has 0 aliphatic carbocycles. The predicted octanol–water partition coefficient (Wildman–Crippen LogP) is 3.10. The maximum absolute atomic E-state index is 8.52. The third-order valence-electron chi connectivity index (χ3n) is 4.81. The van der Waals surface area contributed by atoms with Crippen LogP contribution < -0.4 is 10.6 Å². The summed E-state index contributed by atoms with van der Waals surface area (Å²) in [5, 5.41) is 29.1. The number of nitrogens with one attached hydrogen (secondary N) is 2. The Balaban J connectivity index is 0. The van der Waals surface area contributed by atoms with E-state index < -0.39 is 0 Å². The Bertz CT molecular complexity index is 360. The lowest BCUT2D eigenvalue weighted by atomic mass is 10.1. The van der Waals surface area contributed by atoms with Crippen LogP contribution in [0.5, 0.6) is 0 Å². The molecule has 2 rings (SSSR count). The maximum atomic E-state index is 8.52. The summed E-state index contributed by atoms with van der Waals surface area (Å²) in [7, 11) is 7.50. The van der Waals surface area contributed by atoms with E-state index in [0.29, 0.717) is 0 Å². The van der Waals surface area contributed by atoms with Gasteiger partial charge < -0.3 is 30.8 Å². The molecule has 8 heteroatoms. The normalized spacial score (nSPS) is 16.9. The first kappa shape index (κ1) is 31.0. The van der Waals surface area contributed by atoms with Crippen molar-refractivity contribution in [2.24, 2.45) is 10.3 Å². The van der Waals surface area contributed by atoms with Crippen LogP contribution in [0.3, 0.4) is 0 Å². The smallest absolute Gasteiger partial charge is 0.0596 e. The topological polar surface area (TPSA) is 95.7 Å². The van der Waals surface area contributed by atoms with Gasteiger partial charge in [-0.1, -0.05) is 37.0 Å². The third kappa shape index (κ3) is 18.8. The van der Waals surface area contributed by atoms with Crippen molar-refractivity contribution < 1.29 is 10.4 Å². The van der Waals surface area contributed by atoms with Crippen molar-refractivity contribution in [3.05, 3.63) is 0 Å². The molecule has 2 aliphatic heterocycles. The van der Waals surface area contributed by atoms with Gasteiger partial charge in [-0.2, -0.15) is 0 Å². The van der Waals surface area contributed by atoms with Gasteiger partial charge in [0.05, 0.1) is 11.4 Å². The first-order valence-electron chi connectivity index (χ1n) is 11.6. The highest BCUT2D eigenvalue weighted by Crippen LogP contribution is 2.08. The van der Waals surface area contributed by atoms with Gasteiger partial charge >= 0.3 is 0 Å². The largest absolute Gasteiger partial charge is 0.411 e. The van der Waals surface area contributed by atoms with Crippen LogP contribution in [-0.2, 0) is 0 Å². The van der Waals surface area contributed by atoms with Crippen LogP contribution in [0.1, 0.15) is 65.2 Å². The first-order chi connectivity index (χ1) is 14.6. The zero-order chi connectivity index (χ0) is 23.0. The lowest BCUT2D eigenvalue weighted by Gasteiger charge is -2.26. The van der Waals surface area contributed by atoms with Gasteiger partial charge in [-0.05, 0) is 54.1 Å². The molecule has 0 radical (unpaired) electrons. The van der Waals surface area contributed by atoms with E-state index in [1.54, 1.807) is 0 Å². The van der Waals surface area contributed by atoms with Gasteiger partial charge in [-0.15, -0.1) is 0 Å². The highest BCUT2D eigenvalue weighted by Gasteiger charge is 2.14. The van der Waals surface area contributed by atoms with Gasteiger partial charge in [0.1, 0.15) is 0 Å². The average molecular weight is 431 g/mol. The number of hydrogen-bond acceptors (Lipinski definition) is 8. The van der Waals surface area contributed by atoms with Crippen LogP contribution in [0.25, 0.3) is 0 Å². The van der Waals surface area contributed by atoms with Gasteiger partial charge in [0.2, 0.25) is 0 Å². The Morgan fingerprint density at radius 3 is 1.13 bits per heavy atom. The Morgan fingerprint density at radius 1 is 0.667 bits per heavy atom. The van der Waals surface area contributed by atoms with Gasteiger partial charge in [-0.3, -0.25) is 0 Å². The number of unbranched alkanes of at least 4 members (excludes halogenated alkanes) is 2. The van der Waals surface area contributed by atoms with Crippen molar-refractivity contribution in [3.8, 4) is 0 Å². The molecule has 30 heavy (non-hydrogen) atoms. The van der Waals surface area contributed by atoms with Crippen molar-refractivity contribution in [1.82, 2.24) is 20.4 Å². The zero-order valence-corrected chi connectivity index (χ0v) is 20.6. The van der Waals surface area contributed by atoms with Gasteiger partial charge in [-0.25, -0.2) is 0 Å². The molecule has 0 spiro atoms. The first-order valence-corrected chi connectivity index (χ1v) is 11.6. The Hall–Kier alpha value is -1.22. The summed E-state index contributed by atoms with van der Waals surface area (Å²) in [5.41, 5.74) is 1.92. The summed E-state index contributed by atoms with van der Waals surface area (Å²) in [6, 6.07) is 0. The Morgan fingerprint density at radius 2 is 0.933 bits per heavy atom. The minimum absolute atomic E-state index is 0.945. The Labute approximate surface area is 185 Å². The van der Waals surface area contributed by atoms with E-state index in [0.717, 1.165) is 63.3 Å². The minimum atomic E-state index is 0.945. The van der Waals surface area contributed by atoms with E-state index in [9.17, 15) is 0 Å². The fourth-order valence-electron chi connectivity index (χ4n) is 3.03. The second kappa shape index (κ2) is 24.1. The molecule has 0 atom stereocenters. The third-order valence-corrected chi connectivity index (χ3v) is 4.81. The molecule has 0 saturated carbocycles. The molecule has 0 aromatic rings. The molecule has 0 unspecified atom stereocenters. The summed E-state index contributed by atoms with van der Waals surface area (Å²) in [6.45, 7) is 11.1. The van der Waals surface area contributed by atoms with E-state index in [2.05, 4.69) is 44.6 Å². The number of rotatable bonds is 6. The van der Waals surface area contributed by atoms with Crippen LogP contribution in [0.2, 0.25) is 0 Å². The van der Waals surface area contributed by atoms with E-state index in [4.69, 9.17) is 10.4 Å². The standard InChI is InChI=1S/2C9H18N2O.2C2H7N/c2*1-2-3-6-11-7-4-9(10-12)5-8-11;2*1-3-2/h2*12H,2-8H2,1H3;2*3H,1-2H3. The summed E-state index contributed by atoms with van der Waals surface area (Å²) in [6.07, 6.45) is 8.87. The van der Waals surface area contributed by atoms with Crippen LogP contribution >= 0.6 is 0 Å². The SMILES string of the molecule is CCCCN1CCC(=NO)CC1.CCCCN1CCC(=NO)CC1.CNC.CNC. The second-order valence-electron chi connectivity index (χ2n) is 7.72. The van der Waals surface area contributed by atoms with Crippen LogP contribution in [0.4, 0.5) is 0 Å². The van der Waals surface area contributed by atoms with E-state index >= 15 is 0 Å². The lowest BCUT2D eigenvalue weighted by molar-refractivity contribution is 0.260. The highest BCUT2D eigenvalue weighted by molar-refractivity contribution is 5.85. The lowest BCUT2D eigenvalue weighted by Crippen LogP contribution is -2.34. The van der Waals surface area contributed by atoms with Crippen molar-refractivity contribution >= 4 is 11.4 Å². The fraction of sp³-hybridized carbons (Fsp3) is 0.909. The number of likely N-dealkylation sites (tertiary alicyclic amines) is 2. The number of oxime groups is 2. The molecular formula is C22H50N6O2. The molecule has 4 N–H and O–H groups in total. The summed E-state index contributed by atoms with van der Waals surface area (Å²) >= 11 is 0. The summed E-state index contributed by atoms with van der Waals surface area (Å²) in [4.78, 5) is 4.89. The van der Waals surface area contributed by atoms with Gasteiger partial charge in [0.15, 0.2) is 0 Å². The van der Waals surface area contributed by atoms with E-state index in [1.807, 2.05) is 28.2 Å². The van der Waals surface area contributed by atoms with Crippen LogP contribution in [-0.4, -0.2) is 99.1 Å². The average Bonchev–Trinajstić information content (AvgIpc) is 2.78. The molecule has 180 valence electrons. The number of hydrogen-bond donors (Lipinski definition) is 4. The minimum Gasteiger partial charge on any atom is -0.411 e.